The highest BCUT2D eigenvalue weighted by Gasteiger charge is 2.05. The predicted molar refractivity (Wildman–Crippen MR) is 59.3 cm³/mol. The van der Waals surface area contributed by atoms with E-state index in [1.807, 2.05) is 26.0 Å². The second-order valence-corrected chi connectivity index (χ2v) is 3.15. The van der Waals surface area contributed by atoms with Crippen molar-refractivity contribution in [2.75, 3.05) is 0 Å². The summed E-state index contributed by atoms with van der Waals surface area (Å²) < 4.78 is 0. The van der Waals surface area contributed by atoms with Crippen LogP contribution in [0.4, 0.5) is 0 Å². The van der Waals surface area contributed by atoms with Crippen LogP contribution < -0.4 is 0 Å². The molecule has 0 saturated heterocycles. The van der Waals surface area contributed by atoms with Crippen molar-refractivity contribution in [2.45, 2.75) is 33.6 Å². The fourth-order valence-corrected chi connectivity index (χ4v) is 1.14. The van der Waals surface area contributed by atoms with Gasteiger partial charge in [0.1, 0.15) is 5.82 Å². The maximum Gasteiger partial charge on any atom is 0.177 e. The van der Waals surface area contributed by atoms with Gasteiger partial charge in [-0.2, -0.15) is 0 Å². The van der Waals surface area contributed by atoms with Crippen molar-refractivity contribution < 1.29 is 0 Å². The molecule has 0 radical (unpaired) electrons. The van der Waals surface area contributed by atoms with E-state index in [2.05, 4.69) is 28.8 Å². The first kappa shape index (κ1) is 10.7. The van der Waals surface area contributed by atoms with Gasteiger partial charge in [-0.15, -0.1) is 0 Å². The van der Waals surface area contributed by atoms with Gasteiger partial charge in [-0.1, -0.05) is 27.7 Å². The average molecular weight is 191 g/mol. The lowest BCUT2D eigenvalue weighted by molar-refractivity contribution is 0.798. The van der Waals surface area contributed by atoms with Gasteiger partial charge in [-0.05, 0) is 12.1 Å². The second kappa shape index (κ2) is 4.74. The minimum atomic E-state index is 0.430. The molecule has 3 nitrogen and oxygen atoms in total. The Kier molecular flexibility index (Phi) is 3.63. The molecule has 0 aliphatic carbocycles. The molecule has 2 heterocycles. The lowest BCUT2D eigenvalue weighted by Gasteiger charge is -1.95. The summed E-state index contributed by atoms with van der Waals surface area (Å²) in [7, 11) is 0. The van der Waals surface area contributed by atoms with Crippen molar-refractivity contribution in [1.82, 2.24) is 15.0 Å². The molecular formula is C11H17N3. The highest BCUT2D eigenvalue weighted by atomic mass is 15.0. The SMILES string of the molecule is CC.CC(C)c1nc2ncccc2[nH]1. The highest BCUT2D eigenvalue weighted by Crippen LogP contribution is 2.14. The normalized spacial score (nSPS) is 10.1. The molecular weight excluding hydrogens is 174 g/mol. The molecule has 0 unspecified atom stereocenters. The van der Waals surface area contributed by atoms with Crippen LogP contribution in [0.2, 0.25) is 0 Å². The number of hydrogen-bond acceptors (Lipinski definition) is 2. The van der Waals surface area contributed by atoms with E-state index in [9.17, 15) is 0 Å². The van der Waals surface area contributed by atoms with Crippen LogP contribution in [0, 0.1) is 0 Å². The van der Waals surface area contributed by atoms with Crippen molar-refractivity contribution in [1.29, 1.82) is 0 Å². The Balaban J connectivity index is 0.000000461. The van der Waals surface area contributed by atoms with Crippen molar-refractivity contribution in [3.8, 4) is 0 Å². The van der Waals surface area contributed by atoms with Crippen LogP contribution in [0.5, 0.6) is 0 Å². The monoisotopic (exact) mass is 191 g/mol. The van der Waals surface area contributed by atoms with Gasteiger partial charge in [0.2, 0.25) is 0 Å². The van der Waals surface area contributed by atoms with Gasteiger partial charge in [-0.25, -0.2) is 9.97 Å². The smallest absolute Gasteiger partial charge is 0.177 e. The van der Waals surface area contributed by atoms with Crippen LogP contribution >= 0.6 is 0 Å². The quantitative estimate of drug-likeness (QED) is 0.752. The first-order valence-electron chi connectivity index (χ1n) is 5.08. The summed E-state index contributed by atoms with van der Waals surface area (Å²) in [6.07, 6.45) is 1.76. The number of nitrogens with one attached hydrogen (secondary N) is 1. The van der Waals surface area contributed by atoms with Crippen molar-refractivity contribution in [2.24, 2.45) is 0 Å². The van der Waals surface area contributed by atoms with Crippen LogP contribution in [-0.2, 0) is 0 Å². The summed E-state index contributed by atoms with van der Waals surface area (Å²) in [5.41, 5.74) is 1.82. The minimum absolute atomic E-state index is 0.430. The zero-order chi connectivity index (χ0) is 10.6. The third-order valence-electron chi connectivity index (χ3n) is 1.82. The van der Waals surface area contributed by atoms with Crippen LogP contribution in [-0.4, -0.2) is 15.0 Å². The van der Waals surface area contributed by atoms with E-state index >= 15 is 0 Å². The first-order valence-corrected chi connectivity index (χ1v) is 5.08. The van der Waals surface area contributed by atoms with E-state index in [4.69, 9.17) is 0 Å². The molecule has 0 amide bonds. The molecule has 76 valence electrons. The molecule has 0 atom stereocenters. The van der Waals surface area contributed by atoms with Crippen molar-refractivity contribution in [3.05, 3.63) is 24.2 Å². The number of H-pyrrole nitrogens is 1. The molecule has 14 heavy (non-hydrogen) atoms. The van der Waals surface area contributed by atoms with E-state index < -0.39 is 0 Å². The number of aromatic amines is 1. The number of nitrogens with zero attached hydrogens (tertiary/aromatic N) is 2. The van der Waals surface area contributed by atoms with Gasteiger partial charge in [0.15, 0.2) is 5.65 Å². The van der Waals surface area contributed by atoms with Gasteiger partial charge in [-0.3, -0.25) is 0 Å². The fourth-order valence-electron chi connectivity index (χ4n) is 1.14. The standard InChI is InChI=1S/C9H11N3.C2H6/c1-6(2)8-11-7-4-3-5-10-9(7)12-8;1-2/h3-6H,1-2H3,(H,10,11,12);1-2H3. The van der Waals surface area contributed by atoms with Gasteiger partial charge in [0.05, 0.1) is 5.52 Å². The maximum atomic E-state index is 4.35. The molecule has 0 bridgehead atoms. The number of aromatic nitrogens is 3. The summed E-state index contributed by atoms with van der Waals surface area (Å²) in [5, 5.41) is 0. The Morgan fingerprint density at radius 1 is 1.29 bits per heavy atom. The summed E-state index contributed by atoms with van der Waals surface area (Å²) in [4.78, 5) is 11.7. The van der Waals surface area contributed by atoms with Crippen LogP contribution in [0.15, 0.2) is 18.3 Å². The Hall–Kier alpha value is -1.38. The summed E-state index contributed by atoms with van der Waals surface area (Å²) >= 11 is 0. The number of rotatable bonds is 1. The van der Waals surface area contributed by atoms with E-state index in [0.717, 1.165) is 17.0 Å². The maximum absolute atomic E-state index is 4.35. The minimum Gasteiger partial charge on any atom is -0.340 e. The van der Waals surface area contributed by atoms with Gasteiger partial charge < -0.3 is 4.98 Å². The fraction of sp³-hybridized carbons (Fsp3) is 0.455. The summed E-state index contributed by atoms with van der Waals surface area (Å²) in [6.45, 7) is 8.22. The molecule has 0 saturated carbocycles. The highest BCUT2D eigenvalue weighted by molar-refractivity contribution is 5.69. The molecule has 2 aromatic heterocycles. The van der Waals surface area contributed by atoms with Crippen molar-refractivity contribution in [3.63, 3.8) is 0 Å². The Labute approximate surface area is 84.6 Å². The van der Waals surface area contributed by atoms with E-state index in [1.54, 1.807) is 6.20 Å². The summed E-state index contributed by atoms with van der Waals surface area (Å²) in [6, 6.07) is 3.89. The first-order chi connectivity index (χ1) is 6.77. The van der Waals surface area contributed by atoms with Crippen LogP contribution in [0.1, 0.15) is 39.4 Å². The van der Waals surface area contributed by atoms with Crippen LogP contribution in [0.3, 0.4) is 0 Å². The number of pyridine rings is 1. The number of hydrogen-bond donors (Lipinski definition) is 1. The van der Waals surface area contributed by atoms with Gasteiger partial charge in [0.25, 0.3) is 0 Å². The summed E-state index contributed by atoms with van der Waals surface area (Å²) in [5.74, 6) is 1.43. The Morgan fingerprint density at radius 3 is 2.57 bits per heavy atom. The third kappa shape index (κ3) is 2.10. The van der Waals surface area contributed by atoms with E-state index in [1.165, 1.54) is 0 Å². The zero-order valence-electron chi connectivity index (χ0n) is 9.20. The largest absolute Gasteiger partial charge is 0.340 e. The zero-order valence-corrected chi connectivity index (χ0v) is 9.20. The molecule has 0 aliphatic heterocycles. The topological polar surface area (TPSA) is 41.6 Å². The third-order valence-corrected chi connectivity index (χ3v) is 1.82. The molecule has 3 heteroatoms. The average Bonchev–Trinajstić information content (AvgIpc) is 2.64. The lowest BCUT2D eigenvalue weighted by atomic mass is 10.2. The van der Waals surface area contributed by atoms with Gasteiger partial charge in [0, 0.05) is 12.1 Å². The number of imidazole rings is 1. The molecule has 0 spiro atoms. The van der Waals surface area contributed by atoms with Gasteiger partial charge >= 0.3 is 0 Å². The van der Waals surface area contributed by atoms with E-state index in [0.29, 0.717) is 5.92 Å². The molecule has 0 aliphatic rings. The number of fused-ring (bicyclic) bond motifs is 1. The predicted octanol–water partition coefficient (Wildman–Crippen LogP) is 3.11. The Bertz CT molecular complexity index is 357. The lowest BCUT2D eigenvalue weighted by Crippen LogP contribution is -1.88. The molecule has 1 N–H and O–H groups in total. The molecule has 2 aromatic rings. The molecule has 0 aromatic carbocycles. The molecule has 0 fully saturated rings. The van der Waals surface area contributed by atoms with E-state index in [-0.39, 0.29) is 0 Å². The Morgan fingerprint density at radius 2 is 2.00 bits per heavy atom. The second-order valence-electron chi connectivity index (χ2n) is 3.15. The van der Waals surface area contributed by atoms with Crippen molar-refractivity contribution >= 4 is 11.2 Å². The molecule has 2 rings (SSSR count). The van der Waals surface area contributed by atoms with Crippen LogP contribution in [0.25, 0.3) is 11.2 Å².